The molecule has 9 heteroatoms. The molecule has 0 aliphatic heterocycles. The van der Waals surface area contributed by atoms with Crippen LogP contribution in [-0.4, -0.2) is 21.2 Å². The SMILES string of the molecule is CCC(=O)C(C)(/[N+]([O-])=N/[O-])/[N+]([O-])=N/[O-]. The minimum Gasteiger partial charge on any atom is -0.739 e. The summed E-state index contributed by atoms with van der Waals surface area (Å²) >= 11 is 0. The number of ketones is 1. The molecule has 0 aliphatic rings. The van der Waals surface area contributed by atoms with Gasteiger partial charge in [0, 0.05) is 6.42 Å². The lowest BCUT2D eigenvalue weighted by Crippen LogP contribution is -2.50. The molecule has 0 unspecified atom stereocenters. The minimum absolute atomic E-state index is 0.209. The highest BCUT2D eigenvalue weighted by atomic mass is 16.6. The molecule has 0 N–H and O–H groups in total. The molecule has 0 aliphatic carbocycles. The first-order chi connectivity index (χ1) is 6.44. The number of hydrogen-bond donors (Lipinski definition) is 0. The molecule has 0 aromatic heterocycles. The first-order valence-corrected chi connectivity index (χ1v) is 3.59. The Balaban J connectivity index is 5.38. The second-order valence-electron chi connectivity index (χ2n) is 2.51. The van der Waals surface area contributed by atoms with Crippen LogP contribution in [0.4, 0.5) is 0 Å². The molecule has 0 radical (unpaired) electrons. The molecule has 0 saturated carbocycles. The van der Waals surface area contributed by atoms with E-state index in [1.54, 1.807) is 0 Å². The molecule has 0 rings (SSSR count). The van der Waals surface area contributed by atoms with Crippen LogP contribution in [0.15, 0.2) is 10.6 Å². The quantitative estimate of drug-likeness (QED) is 0.285. The zero-order valence-corrected chi connectivity index (χ0v) is 7.54. The monoisotopic (exact) mass is 204 g/mol. The first kappa shape index (κ1) is 12.1. The second-order valence-corrected chi connectivity index (χ2v) is 2.51. The van der Waals surface area contributed by atoms with Gasteiger partial charge in [0.15, 0.2) is 0 Å². The van der Waals surface area contributed by atoms with Gasteiger partial charge in [-0.25, -0.2) is 0 Å². The van der Waals surface area contributed by atoms with Crippen LogP contribution in [0.2, 0.25) is 0 Å². The van der Waals surface area contributed by atoms with Crippen LogP contribution in [0.1, 0.15) is 20.3 Å². The van der Waals surface area contributed by atoms with Gasteiger partial charge in [-0.05, 0) is 20.3 Å². The summed E-state index contributed by atoms with van der Waals surface area (Å²) in [4.78, 5) is 9.78. The smallest absolute Gasteiger partial charge is 0.473 e. The maximum atomic E-state index is 11.2. The van der Waals surface area contributed by atoms with Gasteiger partial charge in [0.05, 0.1) is 6.92 Å². The lowest BCUT2D eigenvalue weighted by Gasteiger charge is -2.20. The highest BCUT2D eigenvalue weighted by molar-refractivity contribution is 5.84. The summed E-state index contributed by atoms with van der Waals surface area (Å²) in [6, 6.07) is 0. The normalized spacial score (nSPS) is 14.1. The van der Waals surface area contributed by atoms with E-state index < -0.39 is 21.2 Å². The minimum atomic E-state index is -2.52. The zero-order valence-electron chi connectivity index (χ0n) is 7.54. The van der Waals surface area contributed by atoms with Crippen molar-refractivity contribution in [3.63, 3.8) is 0 Å². The van der Waals surface area contributed by atoms with E-state index >= 15 is 0 Å². The fraction of sp³-hybridized carbons (Fsp3) is 0.800. The third kappa shape index (κ3) is 1.70. The number of carbonyl (C=O) groups excluding carboxylic acids is 1. The van der Waals surface area contributed by atoms with Crippen molar-refractivity contribution < 1.29 is 14.5 Å². The van der Waals surface area contributed by atoms with E-state index in [0.717, 1.165) is 6.92 Å². The molecule has 0 saturated heterocycles. The second kappa shape index (κ2) is 4.35. The van der Waals surface area contributed by atoms with Crippen LogP contribution < -0.4 is 0 Å². The Bertz CT molecular complexity index is 268. The Morgan fingerprint density at radius 1 is 1.29 bits per heavy atom. The summed E-state index contributed by atoms with van der Waals surface area (Å²) in [5, 5.41) is 45.1. The first-order valence-electron chi connectivity index (χ1n) is 3.59. The molecule has 0 spiro atoms. The van der Waals surface area contributed by atoms with E-state index in [2.05, 4.69) is 0 Å². The summed E-state index contributed by atoms with van der Waals surface area (Å²) in [5.41, 5.74) is -2.52. The Labute approximate surface area is 78.7 Å². The van der Waals surface area contributed by atoms with Crippen molar-refractivity contribution in [3.05, 3.63) is 20.8 Å². The Morgan fingerprint density at radius 2 is 1.64 bits per heavy atom. The molecule has 0 atom stereocenters. The van der Waals surface area contributed by atoms with E-state index in [1.165, 1.54) is 6.92 Å². The summed E-state index contributed by atoms with van der Waals surface area (Å²) in [6.07, 6.45) is -0.209. The van der Waals surface area contributed by atoms with Crippen molar-refractivity contribution in [3.8, 4) is 0 Å². The highest BCUT2D eigenvalue weighted by Gasteiger charge is 2.52. The lowest BCUT2D eigenvalue weighted by molar-refractivity contribution is -0.805. The molecule has 14 heavy (non-hydrogen) atoms. The van der Waals surface area contributed by atoms with Gasteiger partial charge in [0.1, 0.15) is 0 Å². The van der Waals surface area contributed by atoms with Gasteiger partial charge in [-0.3, -0.25) is 4.79 Å². The molecule has 0 aromatic rings. The molecule has 0 heterocycles. The molecular weight excluding hydrogens is 196 g/mol. The maximum absolute atomic E-state index is 11.2. The van der Waals surface area contributed by atoms with Crippen molar-refractivity contribution in [2.45, 2.75) is 25.9 Å². The molecule has 9 nitrogen and oxygen atoms in total. The Kier molecular flexibility index (Phi) is 3.75. The topological polar surface area (TPSA) is 140 Å². The molecule has 0 aromatic carbocycles. The number of rotatable bonds is 4. The van der Waals surface area contributed by atoms with Crippen molar-refractivity contribution in [2.75, 3.05) is 0 Å². The molecule has 0 bridgehead atoms. The van der Waals surface area contributed by atoms with Gasteiger partial charge in [0.25, 0.3) is 5.78 Å². The van der Waals surface area contributed by atoms with Crippen LogP contribution in [0.5, 0.6) is 0 Å². The van der Waals surface area contributed by atoms with Crippen molar-refractivity contribution >= 4 is 5.78 Å². The summed E-state index contributed by atoms with van der Waals surface area (Å²) in [5.74, 6) is -0.929. The van der Waals surface area contributed by atoms with Crippen molar-refractivity contribution in [2.24, 2.45) is 10.6 Å². The van der Waals surface area contributed by atoms with Gasteiger partial charge in [-0.2, -0.15) is 0 Å². The third-order valence-electron chi connectivity index (χ3n) is 1.74. The van der Waals surface area contributed by atoms with Gasteiger partial charge in [0.2, 0.25) is 0 Å². The van der Waals surface area contributed by atoms with Crippen molar-refractivity contribution in [1.29, 1.82) is 0 Å². The van der Waals surface area contributed by atoms with Crippen LogP contribution >= 0.6 is 0 Å². The predicted octanol–water partition coefficient (Wildman–Crippen LogP) is 0.602. The van der Waals surface area contributed by atoms with Crippen LogP contribution in [0.3, 0.4) is 0 Å². The van der Waals surface area contributed by atoms with E-state index in [4.69, 9.17) is 0 Å². The van der Waals surface area contributed by atoms with Crippen LogP contribution in [0.25, 0.3) is 0 Å². The summed E-state index contributed by atoms with van der Waals surface area (Å²) < 4.78 is 0. The fourth-order valence-electron chi connectivity index (χ4n) is 0.780. The van der Waals surface area contributed by atoms with E-state index in [-0.39, 0.29) is 6.42 Å². The molecule has 0 amide bonds. The summed E-state index contributed by atoms with van der Waals surface area (Å²) in [6.45, 7) is 2.15. The molecule has 80 valence electrons. The van der Waals surface area contributed by atoms with Gasteiger partial charge in [-0.1, -0.05) is 6.92 Å². The average Bonchev–Trinajstić information content (AvgIpc) is 2.24. The lowest BCUT2D eigenvalue weighted by atomic mass is 10.1. The van der Waals surface area contributed by atoms with Gasteiger partial charge >= 0.3 is 5.66 Å². The number of hydrogen-bond acceptors (Lipinski definition) is 7. The van der Waals surface area contributed by atoms with Gasteiger partial charge < -0.3 is 20.8 Å². The number of carbonyl (C=O) groups is 1. The van der Waals surface area contributed by atoms with E-state index in [1.807, 2.05) is 10.6 Å². The Hall–Kier alpha value is -1.93. The zero-order chi connectivity index (χ0) is 11.4. The maximum Gasteiger partial charge on any atom is 0.473 e. The standard InChI is InChI=1S/C5H10N4O5/c1-3-4(10)5(2,8(13)6-11)9(14)7-12/h11-12H,3H2,1-2H3/p-2/b8-6-,9-7-. The third-order valence-corrected chi connectivity index (χ3v) is 1.74. The van der Waals surface area contributed by atoms with Gasteiger partial charge in [-0.15, -0.1) is 0 Å². The molecular formula is C5H8N4O5-2. The summed E-state index contributed by atoms with van der Waals surface area (Å²) in [7, 11) is 0. The Morgan fingerprint density at radius 3 is 1.86 bits per heavy atom. The van der Waals surface area contributed by atoms with Crippen molar-refractivity contribution in [1.82, 2.24) is 0 Å². The largest absolute Gasteiger partial charge is 0.739 e. The number of Topliss-reactive ketones (excluding diaryl/α,β-unsaturated/α-hetero) is 1. The molecule has 0 fully saturated rings. The number of hydroxylamine groups is 2. The van der Waals surface area contributed by atoms with E-state index in [0.29, 0.717) is 0 Å². The number of nitrogens with zero attached hydrogens (tertiary/aromatic N) is 4. The fourth-order valence-corrected chi connectivity index (χ4v) is 0.780. The highest BCUT2D eigenvalue weighted by Crippen LogP contribution is 2.15. The van der Waals surface area contributed by atoms with Crippen LogP contribution in [0, 0.1) is 20.8 Å². The van der Waals surface area contributed by atoms with Crippen LogP contribution in [-0.2, 0) is 4.79 Å². The predicted molar refractivity (Wildman–Crippen MR) is 42.5 cm³/mol. The van der Waals surface area contributed by atoms with E-state index in [9.17, 15) is 25.6 Å². The average molecular weight is 204 g/mol.